The van der Waals surface area contributed by atoms with Gasteiger partial charge in [0.25, 0.3) is 0 Å². The maximum absolute atomic E-state index is 13.2. The molecule has 1 aliphatic rings. The fraction of sp³-hybridized carbons (Fsp3) is 0.536. The number of pyridine rings is 1. The largest absolute Gasteiger partial charge is 0.390 e. The molecule has 0 radical (unpaired) electrons. The number of halogens is 1. The van der Waals surface area contributed by atoms with Gasteiger partial charge < -0.3 is 10.4 Å². The van der Waals surface area contributed by atoms with E-state index in [-0.39, 0.29) is 17.0 Å². The molecule has 2 heterocycles. The van der Waals surface area contributed by atoms with Crippen LogP contribution in [0.1, 0.15) is 58.6 Å². The minimum Gasteiger partial charge on any atom is -0.390 e. The van der Waals surface area contributed by atoms with Crippen LogP contribution in [0.2, 0.25) is 0 Å². The second-order valence-corrected chi connectivity index (χ2v) is 14.8. The first-order valence-electron chi connectivity index (χ1n) is 13.0. The third kappa shape index (κ3) is 9.03. The lowest BCUT2D eigenvalue weighted by molar-refractivity contribution is 0.137. The number of rotatable bonds is 14. The van der Waals surface area contributed by atoms with Crippen LogP contribution >= 0.6 is 34.4 Å². The van der Waals surface area contributed by atoms with E-state index in [0.29, 0.717) is 11.8 Å². The molecule has 0 saturated carbocycles. The zero-order chi connectivity index (χ0) is 27.1. The third-order valence-corrected chi connectivity index (χ3v) is 10.5. The van der Waals surface area contributed by atoms with Crippen LogP contribution in [0, 0.1) is 3.57 Å². The van der Waals surface area contributed by atoms with Crippen molar-refractivity contribution in [2.75, 3.05) is 20.1 Å². The highest BCUT2D eigenvalue weighted by Crippen LogP contribution is 2.30. The van der Waals surface area contributed by atoms with Crippen LogP contribution in [-0.2, 0) is 16.4 Å². The molecule has 0 amide bonds. The number of nitrogens with one attached hydrogen (secondary N) is 1. The number of nitrogens with zero attached hydrogens (tertiary/aromatic N) is 2. The maximum atomic E-state index is 13.2. The van der Waals surface area contributed by atoms with Crippen molar-refractivity contribution in [2.24, 2.45) is 0 Å². The number of likely N-dealkylation sites (N-methyl/N-ethyl adjacent to an activating group) is 1. The summed E-state index contributed by atoms with van der Waals surface area (Å²) in [7, 11) is -2.22. The van der Waals surface area contributed by atoms with Crippen molar-refractivity contribution in [1.82, 2.24) is 14.6 Å². The highest BCUT2D eigenvalue weighted by molar-refractivity contribution is 14.1. The van der Waals surface area contributed by atoms with Crippen LogP contribution in [-0.4, -0.2) is 59.8 Å². The third-order valence-electron chi connectivity index (χ3n) is 6.62. The zero-order valence-corrected chi connectivity index (χ0v) is 26.1. The summed E-state index contributed by atoms with van der Waals surface area (Å²) in [6.45, 7) is 6.75. The van der Waals surface area contributed by atoms with Crippen molar-refractivity contribution in [3.05, 3.63) is 57.1 Å². The lowest BCUT2D eigenvalue weighted by Crippen LogP contribution is -2.46. The van der Waals surface area contributed by atoms with Gasteiger partial charge in [-0.05, 0) is 91.8 Å². The van der Waals surface area contributed by atoms with Crippen molar-refractivity contribution in [1.29, 1.82) is 0 Å². The molecule has 0 bridgehead atoms. The predicted octanol–water partition coefficient (Wildman–Crippen LogP) is 5.84. The highest BCUT2D eigenvalue weighted by Gasteiger charge is 2.26. The van der Waals surface area contributed by atoms with E-state index in [4.69, 9.17) is 4.98 Å². The molecule has 2 N–H and O–H groups in total. The van der Waals surface area contributed by atoms with Crippen LogP contribution in [0.3, 0.4) is 0 Å². The van der Waals surface area contributed by atoms with Gasteiger partial charge in [0.1, 0.15) is 0 Å². The Morgan fingerprint density at radius 1 is 1.30 bits per heavy atom. The minimum atomic E-state index is -3.74. The standard InChI is InChI=1S/C28H40IN3O3S2/c1-5-9-21-10-6-13-27(31-21)25-15-14-24(18-26(25)29)37(34,35)32(4)20-22(33)19-30-28(2,3)16-7-11-23-12-8-17-36-23/h6,8,10,13-15,17-18,22-23,30,33H,5,7,9,11-12,16,19-20H2,1-4H3/t22-,23?/m1/s1. The molecule has 1 aromatic carbocycles. The van der Waals surface area contributed by atoms with Gasteiger partial charge in [-0.3, -0.25) is 4.98 Å². The number of aliphatic hydroxyl groups excluding tert-OH is 1. The Hall–Kier alpha value is -0.980. The van der Waals surface area contributed by atoms with Crippen molar-refractivity contribution in [3.8, 4) is 11.3 Å². The van der Waals surface area contributed by atoms with Crippen LogP contribution in [0.5, 0.6) is 0 Å². The van der Waals surface area contributed by atoms with Crippen LogP contribution in [0.25, 0.3) is 11.3 Å². The SMILES string of the molecule is CCCc1cccc(-c2ccc(S(=O)(=O)N(C)C[C@H](O)CNC(C)(C)CCCC3CC=CS3)cc2I)n1. The van der Waals surface area contributed by atoms with Crippen molar-refractivity contribution < 1.29 is 13.5 Å². The average Bonchev–Trinajstić information content (AvgIpc) is 3.36. The number of hydrogen-bond acceptors (Lipinski definition) is 6. The monoisotopic (exact) mass is 657 g/mol. The number of hydrogen-bond donors (Lipinski definition) is 2. The molecule has 3 rings (SSSR count). The van der Waals surface area contributed by atoms with Gasteiger partial charge in [0.2, 0.25) is 10.0 Å². The van der Waals surface area contributed by atoms with E-state index in [1.165, 1.54) is 17.8 Å². The van der Waals surface area contributed by atoms with E-state index in [2.05, 4.69) is 60.2 Å². The summed E-state index contributed by atoms with van der Waals surface area (Å²) in [4.78, 5) is 4.95. The summed E-state index contributed by atoms with van der Waals surface area (Å²) in [5.41, 5.74) is 2.66. The lowest BCUT2D eigenvalue weighted by Gasteiger charge is -2.29. The Labute approximate surface area is 240 Å². The summed E-state index contributed by atoms with van der Waals surface area (Å²) in [6.07, 6.45) is 7.83. The van der Waals surface area contributed by atoms with E-state index < -0.39 is 16.1 Å². The Bertz CT molecular complexity index is 1160. The summed E-state index contributed by atoms with van der Waals surface area (Å²) in [6, 6.07) is 11.1. The number of aliphatic hydroxyl groups is 1. The first-order chi connectivity index (χ1) is 17.5. The van der Waals surface area contributed by atoms with Crippen LogP contribution in [0.15, 0.2) is 52.8 Å². The van der Waals surface area contributed by atoms with Gasteiger partial charge in [-0.25, -0.2) is 8.42 Å². The van der Waals surface area contributed by atoms with Gasteiger partial charge in [-0.2, -0.15) is 4.31 Å². The molecule has 0 fully saturated rings. The molecular weight excluding hydrogens is 617 g/mol. The minimum absolute atomic E-state index is 0.0226. The molecular formula is C28H40IN3O3S2. The molecule has 2 atom stereocenters. The first-order valence-corrected chi connectivity index (χ1v) is 16.4. The molecule has 37 heavy (non-hydrogen) atoms. The normalized spacial score (nSPS) is 17.0. The number of benzene rings is 1. The summed E-state index contributed by atoms with van der Waals surface area (Å²) in [5, 5.41) is 16.9. The molecule has 0 aliphatic carbocycles. The van der Waals surface area contributed by atoms with E-state index in [9.17, 15) is 13.5 Å². The highest BCUT2D eigenvalue weighted by atomic mass is 127. The quantitative estimate of drug-likeness (QED) is 0.249. The van der Waals surface area contributed by atoms with E-state index >= 15 is 0 Å². The van der Waals surface area contributed by atoms with Crippen molar-refractivity contribution >= 4 is 44.4 Å². The van der Waals surface area contributed by atoms with Gasteiger partial charge in [-0.1, -0.05) is 38.0 Å². The first kappa shape index (κ1) is 30.6. The molecule has 204 valence electrons. The number of β-amino-alcohol motifs (C(OH)–C–C–N with tert-alkyl or cyclic N) is 1. The molecule has 9 heteroatoms. The topological polar surface area (TPSA) is 82.5 Å². The maximum Gasteiger partial charge on any atom is 0.242 e. The Kier molecular flexibility index (Phi) is 11.5. The molecule has 1 aliphatic heterocycles. The summed E-state index contributed by atoms with van der Waals surface area (Å²) >= 11 is 4.08. The Balaban J connectivity index is 1.55. The predicted molar refractivity (Wildman–Crippen MR) is 163 cm³/mol. The number of thioether (sulfide) groups is 1. The fourth-order valence-corrected chi connectivity index (χ4v) is 7.61. The lowest BCUT2D eigenvalue weighted by atomic mass is 9.96. The van der Waals surface area contributed by atoms with Crippen LogP contribution in [0.4, 0.5) is 0 Å². The average molecular weight is 658 g/mol. The second kappa shape index (κ2) is 13.9. The number of sulfonamides is 1. The summed E-state index contributed by atoms with van der Waals surface area (Å²) < 4.78 is 28.5. The van der Waals surface area contributed by atoms with Gasteiger partial charge in [0.15, 0.2) is 0 Å². The van der Waals surface area contributed by atoms with Gasteiger partial charge in [-0.15, -0.1) is 11.8 Å². The number of aromatic nitrogens is 1. The van der Waals surface area contributed by atoms with E-state index in [0.717, 1.165) is 52.6 Å². The van der Waals surface area contributed by atoms with E-state index in [1.807, 2.05) is 36.0 Å². The Morgan fingerprint density at radius 3 is 2.76 bits per heavy atom. The van der Waals surface area contributed by atoms with E-state index in [1.54, 1.807) is 12.1 Å². The number of allylic oxidation sites excluding steroid dienone is 1. The Morgan fingerprint density at radius 2 is 2.08 bits per heavy atom. The molecule has 1 aromatic heterocycles. The number of aryl methyl sites for hydroxylation is 1. The summed E-state index contributed by atoms with van der Waals surface area (Å²) in [5.74, 6) is 0. The molecule has 2 aromatic rings. The second-order valence-electron chi connectivity index (χ2n) is 10.4. The van der Waals surface area contributed by atoms with Gasteiger partial charge in [0, 0.05) is 45.8 Å². The molecule has 1 unspecified atom stereocenters. The molecule has 0 saturated heterocycles. The fourth-order valence-electron chi connectivity index (χ4n) is 4.40. The van der Waals surface area contributed by atoms with Gasteiger partial charge in [0.05, 0.1) is 16.7 Å². The van der Waals surface area contributed by atoms with Crippen LogP contribution < -0.4 is 5.32 Å². The smallest absolute Gasteiger partial charge is 0.242 e. The molecule has 0 spiro atoms. The zero-order valence-electron chi connectivity index (χ0n) is 22.3. The van der Waals surface area contributed by atoms with Gasteiger partial charge >= 0.3 is 0 Å². The molecule has 6 nitrogen and oxygen atoms in total. The van der Waals surface area contributed by atoms with Crippen molar-refractivity contribution in [3.63, 3.8) is 0 Å². The van der Waals surface area contributed by atoms with Crippen molar-refractivity contribution in [2.45, 2.75) is 81.1 Å².